The number of carbonyl (C=O) groups excluding carboxylic acids is 1. The van der Waals surface area contributed by atoms with Gasteiger partial charge < -0.3 is 29.7 Å². The fourth-order valence-electron chi connectivity index (χ4n) is 3.23. The van der Waals surface area contributed by atoms with Crippen LogP contribution in [0.1, 0.15) is 16.6 Å². The van der Waals surface area contributed by atoms with Crippen LogP contribution in [0.3, 0.4) is 0 Å². The second kappa shape index (κ2) is 7.77. The number of carbonyl (C=O) groups is 1. The lowest BCUT2D eigenvalue weighted by Gasteiger charge is -2.21. The fraction of sp³-hybridized carbons (Fsp3) is 0.353. The number of amides is 1. The minimum Gasteiger partial charge on any atom is -0.454 e. The van der Waals surface area contributed by atoms with Crippen molar-refractivity contribution >= 4 is 17.4 Å². The van der Waals surface area contributed by atoms with Crippen LogP contribution in [0.15, 0.2) is 29.2 Å². The van der Waals surface area contributed by atoms with Crippen molar-refractivity contribution in [3.63, 3.8) is 0 Å². The molecule has 1 amide bonds. The van der Waals surface area contributed by atoms with Crippen LogP contribution in [0.2, 0.25) is 0 Å². The Balaban J connectivity index is 1.60. The molecule has 1 saturated heterocycles. The number of benzene rings is 1. The first-order valence-corrected chi connectivity index (χ1v) is 8.94. The van der Waals surface area contributed by atoms with E-state index in [4.69, 9.17) is 19.3 Å². The Morgan fingerprint density at radius 3 is 2.66 bits per heavy atom. The number of aliphatic hydroxyl groups excluding tert-OH is 2. The van der Waals surface area contributed by atoms with Crippen LogP contribution in [0, 0.1) is 10.1 Å². The molecule has 2 aromatic rings. The monoisotopic (exact) mass is 456 g/mol. The van der Waals surface area contributed by atoms with Crippen LogP contribution in [-0.2, 0) is 4.74 Å². The van der Waals surface area contributed by atoms with Gasteiger partial charge in [0.05, 0.1) is 17.6 Å². The van der Waals surface area contributed by atoms with E-state index < -0.39 is 58.7 Å². The van der Waals surface area contributed by atoms with Crippen molar-refractivity contribution in [3.8, 4) is 11.5 Å². The molecule has 1 unspecified atom stereocenters. The molecule has 2 aliphatic rings. The van der Waals surface area contributed by atoms with E-state index in [-0.39, 0.29) is 24.1 Å². The number of aromatic nitrogens is 2. The quantitative estimate of drug-likeness (QED) is 0.411. The summed E-state index contributed by atoms with van der Waals surface area (Å²) in [6.45, 7) is -1.09. The van der Waals surface area contributed by atoms with Crippen LogP contribution >= 0.6 is 0 Å². The van der Waals surface area contributed by atoms with Gasteiger partial charge in [-0.2, -0.15) is 13.8 Å². The maximum Gasteiger partial charge on any atom is 0.351 e. The number of fused-ring (bicyclic) bond motifs is 1. The molecule has 1 fully saturated rings. The molecule has 13 nitrogen and oxygen atoms in total. The molecule has 3 N–H and O–H groups in total. The third kappa shape index (κ3) is 3.51. The molecule has 0 aliphatic carbocycles. The smallest absolute Gasteiger partial charge is 0.351 e. The molecule has 0 saturated carbocycles. The largest absolute Gasteiger partial charge is 0.454 e. The molecular weight excluding hydrogens is 442 g/mol. The highest BCUT2D eigenvalue weighted by Crippen LogP contribution is 2.42. The normalized spacial score (nSPS) is 23.2. The topological polar surface area (TPSA) is 175 Å². The number of nitrogens with zero attached hydrogens (tertiary/aromatic N) is 3. The van der Waals surface area contributed by atoms with Gasteiger partial charge in [0.2, 0.25) is 13.0 Å². The van der Waals surface area contributed by atoms with Crippen LogP contribution in [-0.4, -0.2) is 62.1 Å². The van der Waals surface area contributed by atoms with Crippen LogP contribution in [0.4, 0.5) is 20.3 Å². The molecule has 15 heteroatoms. The minimum atomic E-state index is -3.91. The molecule has 0 bridgehead atoms. The van der Waals surface area contributed by atoms with Crippen LogP contribution < -0.4 is 20.5 Å². The lowest BCUT2D eigenvalue weighted by atomic mass is 10.1. The summed E-state index contributed by atoms with van der Waals surface area (Å²) in [5.74, 6) is -5.13. The number of aliphatic hydroxyl groups is 2. The summed E-state index contributed by atoms with van der Waals surface area (Å²) in [7, 11) is 0. The Morgan fingerprint density at radius 1 is 1.38 bits per heavy atom. The SMILES string of the molecule is O=C(Nc1ccn(C2O[C@H](CO)[C@@H](O)C2(F)F)c(=O)n1)c1cc2c(cc1[N+](=O)[O-])OCO2. The Kier molecular flexibility index (Phi) is 5.23. The molecule has 170 valence electrons. The predicted molar refractivity (Wildman–Crippen MR) is 97.6 cm³/mol. The average molecular weight is 456 g/mol. The second-order valence-electron chi connectivity index (χ2n) is 6.77. The van der Waals surface area contributed by atoms with Crippen molar-refractivity contribution in [2.24, 2.45) is 0 Å². The summed E-state index contributed by atoms with van der Waals surface area (Å²) < 4.78 is 43.9. The molecule has 1 aromatic heterocycles. The van der Waals surface area contributed by atoms with E-state index in [1.165, 1.54) is 0 Å². The van der Waals surface area contributed by atoms with Crippen molar-refractivity contribution in [2.75, 3.05) is 18.7 Å². The Bertz CT molecular complexity index is 1160. The van der Waals surface area contributed by atoms with Gasteiger partial charge in [-0.05, 0) is 6.07 Å². The molecular formula is C17H14F2N4O9. The number of hydrogen-bond donors (Lipinski definition) is 3. The van der Waals surface area contributed by atoms with Crippen molar-refractivity contribution in [1.29, 1.82) is 0 Å². The zero-order valence-electron chi connectivity index (χ0n) is 15.8. The fourth-order valence-corrected chi connectivity index (χ4v) is 3.23. The van der Waals surface area contributed by atoms with E-state index in [1.54, 1.807) is 0 Å². The van der Waals surface area contributed by atoms with Crippen molar-refractivity contribution in [2.45, 2.75) is 24.4 Å². The molecule has 3 atom stereocenters. The van der Waals surface area contributed by atoms with Crippen molar-refractivity contribution < 1.29 is 42.9 Å². The van der Waals surface area contributed by atoms with Gasteiger partial charge in [-0.15, -0.1) is 0 Å². The number of nitro benzene ring substituents is 1. The van der Waals surface area contributed by atoms with E-state index >= 15 is 0 Å². The summed E-state index contributed by atoms with van der Waals surface area (Å²) in [6, 6.07) is 3.07. The first-order chi connectivity index (χ1) is 15.1. The summed E-state index contributed by atoms with van der Waals surface area (Å²) in [5, 5.41) is 32.1. The number of hydrogen-bond acceptors (Lipinski definition) is 10. The van der Waals surface area contributed by atoms with Crippen LogP contribution in [0.25, 0.3) is 0 Å². The summed E-state index contributed by atoms with van der Waals surface area (Å²) >= 11 is 0. The lowest BCUT2D eigenvalue weighted by Crippen LogP contribution is -2.41. The first kappa shape index (κ1) is 21.5. The number of ether oxygens (including phenoxy) is 3. The van der Waals surface area contributed by atoms with Gasteiger partial charge in [-0.25, -0.2) is 4.79 Å². The first-order valence-electron chi connectivity index (χ1n) is 8.94. The second-order valence-corrected chi connectivity index (χ2v) is 6.77. The van der Waals surface area contributed by atoms with E-state index in [2.05, 4.69) is 10.3 Å². The zero-order chi connectivity index (χ0) is 23.2. The number of halogens is 2. The average Bonchev–Trinajstić information content (AvgIpc) is 3.29. The van der Waals surface area contributed by atoms with E-state index in [1.807, 2.05) is 0 Å². The summed E-state index contributed by atoms with van der Waals surface area (Å²) in [6.07, 6.45) is -5.37. The zero-order valence-corrected chi connectivity index (χ0v) is 15.8. The van der Waals surface area contributed by atoms with Gasteiger partial charge in [0.15, 0.2) is 17.6 Å². The molecule has 0 spiro atoms. The molecule has 4 rings (SSSR count). The highest BCUT2D eigenvalue weighted by molar-refractivity contribution is 6.07. The Morgan fingerprint density at radius 2 is 2.06 bits per heavy atom. The van der Waals surface area contributed by atoms with Gasteiger partial charge in [0.25, 0.3) is 11.6 Å². The van der Waals surface area contributed by atoms with Crippen molar-refractivity contribution in [3.05, 3.63) is 50.6 Å². The van der Waals surface area contributed by atoms with Gasteiger partial charge in [-0.3, -0.25) is 19.5 Å². The molecule has 32 heavy (non-hydrogen) atoms. The molecule has 3 heterocycles. The van der Waals surface area contributed by atoms with E-state index in [0.29, 0.717) is 4.57 Å². The predicted octanol–water partition coefficient (Wildman–Crippen LogP) is 0.0184. The summed E-state index contributed by atoms with van der Waals surface area (Å²) in [4.78, 5) is 38.8. The van der Waals surface area contributed by atoms with Crippen molar-refractivity contribution in [1.82, 2.24) is 9.55 Å². The maximum absolute atomic E-state index is 14.2. The molecule has 1 aromatic carbocycles. The van der Waals surface area contributed by atoms with Crippen LogP contribution in [0.5, 0.6) is 11.5 Å². The van der Waals surface area contributed by atoms with E-state index in [0.717, 1.165) is 24.4 Å². The minimum absolute atomic E-state index is 0.0786. The number of anilines is 1. The summed E-state index contributed by atoms with van der Waals surface area (Å²) in [5.41, 5.74) is -2.27. The third-order valence-corrected chi connectivity index (χ3v) is 4.82. The van der Waals surface area contributed by atoms with Gasteiger partial charge in [-0.1, -0.05) is 0 Å². The lowest BCUT2D eigenvalue weighted by molar-refractivity contribution is -0.385. The van der Waals surface area contributed by atoms with Gasteiger partial charge in [0.1, 0.15) is 17.5 Å². The number of alkyl halides is 2. The van der Waals surface area contributed by atoms with E-state index in [9.17, 15) is 33.6 Å². The highest BCUT2D eigenvalue weighted by atomic mass is 19.3. The number of nitro groups is 1. The van der Waals surface area contributed by atoms with Gasteiger partial charge in [0, 0.05) is 12.3 Å². The Labute approximate surface area is 175 Å². The maximum atomic E-state index is 14.2. The Hall–Kier alpha value is -3.69. The number of nitrogens with one attached hydrogen (secondary N) is 1. The molecule has 0 radical (unpaired) electrons. The standard InChI is InChI=1S/C17H14F2N4O9/c18-17(19)13(25)11(5-24)32-15(17)22-2-1-12(21-16(22)27)20-14(26)7-3-9-10(31-6-30-9)4-8(7)23(28)29/h1-4,11,13,15,24-25H,5-6H2,(H,20,21,26,27)/t11-,13-,15?/m1/s1. The number of rotatable bonds is 5. The van der Waals surface area contributed by atoms with Gasteiger partial charge >= 0.3 is 11.6 Å². The highest BCUT2D eigenvalue weighted by Gasteiger charge is 2.59. The third-order valence-electron chi connectivity index (χ3n) is 4.82. The molecule has 2 aliphatic heterocycles.